The lowest BCUT2D eigenvalue weighted by Gasteiger charge is -2.17. The Kier molecular flexibility index (Phi) is 8.58. The molecule has 0 radical (unpaired) electrons. The Morgan fingerprint density at radius 3 is 2.25 bits per heavy atom. The number of carbonyl (C=O) groups excluding carboxylic acids is 2. The highest BCUT2D eigenvalue weighted by molar-refractivity contribution is 5.88. The third-order valence-corrected chi connectivity index (χ3v) is 2.30. The summed E-state index contributed by atoms with van der Waals surface area (Å²) in [5, 5.41) is 5.45. The van der Waals surface area contributed by atoms with Gasteiger partial charge in [0.1, 0.15) is 0 Å². The van der Waals surface area contributed by atoms with E-state index >= 15 is 0 Å². The number of ketones is 1. The molecule has 4 nitrogen and oxygen atoms in total. The zero-order chi connectivity index (χ0) is 12.4. The topological polar surface area (TPSA) is 58.2 Å². The molecule has 0 aliphatic heterocycles. The van der Waals surface area contributed by atoms with Crippen molar-refractivity contribution in [3.63, 3.8) is 0 Å². The van der Waals surface area contributed by atoms with Gasteiger partial charge in [0.25, 0.3) is 0 Å². The molecule has 0 aliphatic rings. The number of carbonyl (C=O) groups is 2. The van der Waals surface area contributed by atoms with Crippen LogP contribution in [0.3, 0.4) is 0 Å². The van der Waals surface area contributed by atoms with Gasteiger partial charge < -0.3 is 10.6 Å². The Bertz CT molecular complexity index is 217. The highest BCUT2D eigenvalue weighted by atomic mass is 16.2. The molecule has 2 amide bonds. The zero-order valence-electron chi connectivity index (χ0n) is 10.6. The Morgan fingerprint density at radius 1 is 1.06 bits per heavy atom. The fraction of sp³-hybridized carbons (Fsp3) is 0.833. The van der Waals surface area contributed by atoms with Gasteiger partial charge in [-0.25, -0.2) is 4.79 Å². The van der Waals surface area contributed by atoms with E-state index in [0.29, 0.717) is 13.0 Å². The first-order chi connectivity index (χ1) is 7.65. The lowest BCUT2D eigenvalue weighted by atomic mass is 10.0. The van der Waals surface area contributed by atoms with Crippen molar-refractivity contribution in [2.45, 2.75) is 58.9 Å². The fourth-order valence-electron chi connectivity index (χ4n) is 1.47. The second kappa shape index (κ2) is 9.19. The van der Waals surface area contributed by atoms with Crippen molar-refractivity contribution in [1.29, 1.82) is 0 Å². The van der Waals surface area contributed by atoms with Crippen molar-refractivity contribution < 1.29 is 9.59 Å². The van der Waals surface area contributed by atoms with Crippen LogP contribution in [0, 0.1) is 0 Å². The van der Waals surface area contributed by atoms with E-state index in [4.69, 9.17) is 0 Å². The van der Waals surface area contributed by atoms with Gasteiger partial charge >= 0.3 is 6.03 Å². The first-order valence-electron chi connectivity index (χ1n) is 6.22. The molecule has 0 bridgehead atoms. The van der Waals surface area contributed by atoms with Crippen LogP contribution in [0.4, 0.5) is 4.79 Å². The van der Waals surface area contributed by atoms with E-state index < -0.39 is 0 Å². The maximum atomic E-state index is 11.7. The summed E-state index contributed by atoms with van der Waals surface area (Å²) in [5.41, 5.74) is 0. The van der Waals surface area contributed by atoms with E-state index in [1.165, 1.54) is 0 Å². The Labute approximate surface area is 98.2 Å². The molecule has 0 aromatic rings. The molecule has 0 spiro atoms. The number of nitrogens with one attached hydrogen (secondary N) is 2. The van der Waals surface area contributed by atoms with E-state index in [1.54, 1.807) is 0 Å². The normalized spacial score (nSPS) is 11.9. The van der Waals surface area contributed by atoms with Gasteiger partial charge in [-0.05, 0) is 19.3 Å². The summed E-state index contributed by atoms with van der Waals surface area (Å²) in [6.07, 6.45) is 3.89. The monoisotopic (exact) mass is 228 g/mol. The average Bonchev–Trinajstić information content (AvgIpc) is 2.26. The van der Waals surface area contributed by atoms with Gasteiger partial charge in [-0.15, -0.1) is 0 Å². The van der Waals surface area contributed by atoms with E-state index in [-0.39, 0.29) is 17.9 Å². The molecule has 2 N–H and O–H groups in total. The van der Waals surface area contributed by atoms with Crippen LogP contribution < -0.4 is 10.6 Å². The molecule has 1 atom stereocenters. The second-order valence-electron chi connectivity index (χ2n) is 3.96. The predicted octanol–water partition coefficient (Wildman–Crippen LogP) is 2.23. The summed E-state index contributed by atoms with van der Waals surface area (Å²) in [4.78, 5) is 23.1. The van der Waals surface area contributed by atoms with Gasteiger partial charge in [-0.2, -0.15) is 0 Å². The van der Waals surface area contributed by atoms with E-state index in [0.717, 1.165) is 25.7 Å². The van der Waals surface area contributed by atoms with Gasteiger partial charge in [-0.1, -0.05) is 27.2 Å². The van der Waals surface area contributed by atoms with Crippen LogP contribution in [-0.4, -0.2) is 24.4 Å². The van der Waals surface area contributed by atoms with Crippen molar-refractivity contribution >= 4 is 11.8 Å². The third-order valence-electron chi connectivity index (χ3n) is 2.30. The van der Waals surface area contributed by atoms with Crippen molar-refractivity contribution in [3.05, 3.63) is 0 Å². The van der Waals surface area contributed by atoms with Crippen molar-refractivity contribution in [3.8, 4) is 0 Å². The molecule has 0 heterocycles. The van der Waals surface area contributed by atoms with E-state index in [1.807, 2.05) is 20.8 Å². The molecule has 0 rings (SSSR count). The summed E-state index contributed by atoms with van der Waals surface area (Å²) in [7, 11) is 0. The molecule has 0 aliphatic carbocycles. The summed E-state index contributed by atoms with van der Waals surface area (Å²) in [6, 6.07) is -0.549. The van der Waals surface area contributed by atoms with Crippen LogP contribution in [0.5, 0.6) is 0 Å². The van der Waals surface area contributed by atoms with Crippen molar-refractivity contribution in [1.82, 2.24) is 10.6 Å². The predicted molar refractivity (Wildman–Crippen MR) is 65.4 cm³/mol. The average molecular weight is 228 g/mol. The summed E-state index contributed by atoms with van der Waals surface area (Å²) >= 11 is 0. The molecule has 0 saturated heterocycles. The molecule has 0 aromatic carbocycles. The molecular weight excluding hydrogens is 204 g/mol. The van der Waals surface area contributed by atoms with Crippen LogP contribution in [0.1, 0.15) is 52.9 Å². The van der Waals surface area contributed by atoms with Crippen LogP contribution in [0.2, 0.25) is 0 Å². The lowest BCUT2D eigenvalue weighted by molar-refractivity contribution is -0.121. The van der Waals surface area contributed by atoms with Crippen molar-refractivity contribution in [2.75, 3.05) is 6.54 Å². The molecule has 0 saturated carbocycles. The fourth-order valence-corrected chi connectivity index (χ4v) is 1.47. The summed E-state index contributed by atoms with van der Waals surface area (Å²) in [5.74, 6) is 0.135. The SMILES string of the molecule is CCCNC(=O)NC(CCC)C(=O)CCC. The van der Waals surface area contributed by atoms with Crippen LogP contribution >= 0.6 is 0 Å². The smallest absolute Gasteiger partial charge is 0.315 e. The van der Waals surface area contributed by atoms with Gasteiger partial charge in [0, 0.05) is 13.0 Å². The molecule has 0 aromatic heterocycles. The molecular formula is C12H24N2O2. The number of urea groups is 1. The van der Waals surface area contributed by atoms with Crippen LogP contribution in [-0.2, 0) is 4.79 Å². The zero-order valence-corrected chi connectivity index (χ0v) is 10.6. The first-order valence-corrected chi connectivity index (χ1v) is 6.22. The summed E-state index contributed by atoms with van der Waals surface area (Å²) < 4.78 is 0. The number of Topliss-reactive ketones (excluding diaryl/α,β-unsaturated/α-hetero) is 1. The largest absolute Gasteiger partial charge is 0.338 e. The number of hydrogen-bond donors (Lipinski definition) is 2. The van der Waals surface area contributed by atoms with Gasteiger partial charge in [0.05, 0.1) is 6.04 Å². The van der Waals surface area contributed by atoms with Gasteiger partial charge in [0.15, 0.2) is 5.78 Å². The number of amides is 2. The second-order valence-corrected chi connectivity index (χ2v) is 3.96. The summed E-state index contributed by atoms with van der Waals surface area (Å²) in [6.45, 7) is 6.62. The number of rotatable bonds is 8. The van der Waals surface area contributed by atoms with Crippen LogP contribution in [0.25, 0.3) is 0 Å². The minimum absolute atomic E-state index is 0.135. The first kappa shape index (κ1) is 14.9. The Morgan fingerprint density at radius 2 is 1.75 bits per heavy atom. The van der Waals surface area contributed by atoms with E-state index in [2.05, 4.69) is 10.6 Å². The lowest BCUT2D eigenvalue weighted by Crippen LogP contribution is -2.46. The minimum Gasteiger partial charge on any atom is -0.338 e. The van der Waals surface area contributed by atoms with E-state index in [9.17, 15) is 9.59 Å². The molecule has 16 heavy (non-hydrogen) atoms. The molecule has 94 valence electrons. The van der Waals surface area contributed by atoms with Crippen LogP contribution in [0.15, 0.2) is 0 Å². The highest BCUT2D eigenvalue weighted by Gasteiger charge is 2.18. The maximum Gasteiger partial charge on any atom is 0.315 e. The molecule has 0 fully saturated rings. The highest BCUT2D eigenvalue weighted by Crippen LogP contribution is 2.03. The van der Waals surface area contributed by atoms with Gasteiger partial charge in [0.2, 0.25) is 0 Å². The quantitative estimate of drug-likeness (QED) is 0.669. The number of hydrogen-bond acceptors (Lipinski definition) is 2. The molecule has 1 unspecified atom stereocenters. The maximum absolute atomic E-state index is 11.7. The minimum atomic E-state index is -0.318. The standard InChI is InChI=1S/C12H24N2O2/c1-4-7-10(11(15)8-5-2)14-12(16)13-9-6-3/h10H,4-9H2,1-3H3,(H2,13,14,16). The Hall–Kier alpha value is -1.06. The third kappa shape index (κ3) is 6.43. The molecule has 4 heteroatoms. The Balaban J connectivity index is 4.10. The van der Waals surface area contributed by atoms with Crippen molar-refractivity contribution in [2.24, 2.45) is 0 Å². The van der Waals surface area contributed by atoms with Gasteiger partial charge in [-0.3, -0.25) is 4.79 Å².